The number of carbonyl (C=O) groups excluding carboxylic acids is 1. The molecule has 0 aliphatic carbocycles. The van der Waals surface area contributed by atoms with E-state index in [-0.39, 0.29) is 11.7 Å². The molecule has 0 fully saturated rings. The molecule has 0 aliphatic rings. The van der Waals surface area contributed by atoms with E-state index in [1.165, 1.54) is 16.9 Å². The summed E-state index contributed by atoms with van der Waals surface area (Å²) in [6, 6.07) is 8.09. The molecule has 1 heterocycles. The molecule has 112 valence electrons. The second-order valence-corrected chi connectivity index (χ2v) is 5.89. The third-order valence-electron chi connectivity index (χ3n) is 3.17. The molecule has 2 aromatic rings. The van der Waals surface area contributed by atoms with Crippen molar-refractivity contribution in [2.45, 2.75) is 19.9 Å². The molecular formula is C15H20N4OS. The number of benzene rings is 1. The van der Waals surface area contributed by atoms with Crippen molar-refractivity contribution in [2.24, 2.45) is 0 Å². The van der Waals surface area contributed by atoms with E-state index in [0.29, 0.717) is 11.4 Å². The molecule has 0 bridgehead atoms. The minimum atomic E-state index is -0.177. The van der Waals surface area contributed by atoms with Gasteiger partial charge in [0.1, 0.15) is 10.7 Å². The van der Waals surface area contributed by atoms with Crippen molar-refractivity contribution >= 4 is 28.2 Å². The zero-order valence-corrected chi connectivity index (χ0v) is 13.3. The fourth-order valence-corrected chi connectivity index (χ4v) is 2.83. The summed E-state index contributed by atoms with van der Waals surface area (Å²) in [5.41, 5.74) is 8.19. The summed E-state index contributed by atoms with van der Waals surface area (Å²) in [6.45, 7) is 2.60. The quantitative estimate of drug-likeness (QED) is 0.889. The Kier molecular flexibility index (Phi) is 4.80. The number of carbonyl (C=O) groups is 1. The molecule has 6 heteroatoms. The maximum Gasteiger partial charge on any atom is 0.265 e. The van der Waals surface area contributed by atoms with E-state index in [2.05, 4.69) is 23.3 Å². The van der Waals surface area contributed by atoms with E-state index in [1.54, 1.807) is 0 Å². The van der Waals surface area contributed by atoms with Crippen LogP contribution in [0.4, 0.5) is 10.9 Å². The highest BCUT2D eigenvalue weighted by atomic mass is 32.1. The van der Waals surface area contributed by atoms with Crippen molar-refractivity contribution in [3.05, 3.63) is 40.3 Å². The van der Waals surface area contributed by atoms with Crippen LogP contribution >= 0.6 is 11.3 Å². The van der Waals surface area contributed by atoms with Crippen LogP contribution in [0.15, 0.2) is 24.3 Å². The molecule has 3 N–H and O–H groups in total. The molecule has 0 atom stereocenters. The number of hydrogen-bond donors (Lipinski definition) is 2. The van der Waals surface area contributed by atoms with E-state index >= 15 is 0 Å². The lowest BCUT2D eigenvalue weighted by atomic mass is 10.1. The number of anilines is 2. The predicted octanol–water partition coefficient (Wildman–Crippen LogP) is 2.28. The first-order valence-electron chi connectivity index (χ1n) is 6.81. The number of thiazole rings is 1. The number of amides is 1. The lowest BCUT2D eigenvalue weighted by molar-refractivity contribution is 0.0955. The number of nitrogens with zero attached hydrogens (tertiary/aromatic N) is 2. The second kappa shape index (κ2) is 6.58. The minimum absolute atomic E-state index is 0.177. The average molecular weight is 304 g/mol. The van der Waals surface area contributed by atoms with Crippen LogP contribution in [0.2, 0.25) is 0 Å². The van der Waals surface area contributed by atoms with Crippen molar-refractivity contribution in [3.63, 3.8) is 0 Å². The molecule has 21 heavy (non-hydrogen) atoms. The molecule has 0 aliphatic heterocycles. The number of nitrogen functional groups attached to an aromatic ring is 1. The van der Waals surface area contributed by atoms with Gasteiger partial charge in [0.15, 0.2) is 5.13 Å². The number of nitrogens with two attached hydrogens (primary N) is 1. The van der Waals surface area contributed by atoms with Crippen molar-refractivity contribution in [1.29, 1.82) is 0 Å². The fraction of sp³-hybridized carbons (Fsp3) is 0.333. The van der Waals surface area contributed by atoms with E-state index < -0.39 is 0 Å². The normalized spacial score (nSPS) is 10.4. The van der Waals surface area contributed by atoms with Gasteiger partial charge in [-0.25, -0.2) is 4.98 Å². The van der Waals surface area contributed by atoms with Crippen molar-refractivity contribution in [3.8, 4) is 0 Å². The Hall–Kier alpha value is -2.08. The molecule has 1 aromatic carbocycles. The van der Waals surface area contributed by atoms with Gasteiger partial charge in [0.25, 0.3) is 5.91 Å². The molecule has 0 unspecified atom stereocenters. The van der Waals surface area contributed by atoms with Crippen LogP contribution < -0.4 is 16.0 Å². The first-order chi connectivity index (χ1) is 10.0. The summed E-state index contributed by atoms with van der Waals surface area (Å²) in [5.74, 6) is 0.106. The maximum atomic E-state index is 12.2. The van der Waals surface area contributed by atoms with E-state index in [0.717, 1.165) is 17.1 Å². The van der Waals surface area contributed by atoms with Gasteiger partial charge in [-0.05, 0) is 17.5 Å². The van der Waals surface area contributed by atoms with Crippen molar-refractivity contribution in [1.82, 2.24) is 10.3 Å². The van der Waals surface area contributed by atoms with Crippen LogP contribution in [0, 0.1) is 0 Å². The third-order valence-corrected chi connectivity index (χ3v) is 4.41. The highest BCUT2D eigenvalue weighted by Gasteiger charge is 2.17. The molecule has 2 rings (SSSR count). The summed E-state index contributed by atoms with van der Waals surface area (Å²) < 4.78 is 0. The smallest absolute Gasteiger partial charge is 0.265 e. The summed E-state index contributed by atoms with van der Waals surface area (Å²) in [4.78, 5) is 18.7. The zero-order chi connectivity index (χ0) is 15.4. The standard InChI is InChI=1S/C15H20N4OS/c1-4-10-7-5-6-8-11(10)9-17-14(20)12-13(16)18-15(21-12)19(2)3/h5-8H,4,9,16H2,1-3H3,(H,17,20). The number of hydrogen-bond acceptors (Lipinski definition) is 5. The lowest BCUT2D eigenvalue weighted by Crippen LogP contribution is -2.23. The molecular weight excluding hydrogens is 284 g/mol. The SMILES string of the molecule is CCc1ccccc1CNC(=O)c1sc(N(C)C)nc1N. The Bertz CT molecular complexity index is 636. The largest absolute Gasteiger partial charge is 0.382 e. The Morgan fingerprint density at radius 1 is 1.33 bits per heavy atom. The summed E-state index contributed by atoms with van der Waals surface area (Å²) in [6.07, 6.45) is 0.944. The van der Waals surface area contributed by atoms with Crippen LogP contribution in [0.3, 0.4) is 0 Å². The predicted molar refractivity (Wildman–Crippen MR) is 87.8 cm³/mol. The highest BCUT2D eigenvalue weighted by molar-refractivity contribution is 7.18. The Balaban J connectivity index is 2.08. The van der Waals surface area contributed by atoms with Crippen LogP contribution in [0.25, 0.3) is 0 Å². The molecule has 5 nitrogen and oxygen atoms in total. The first-order valence-corrected chi connectivity index (χ1v) is 7.63. The van der Waals surface area contributed by atoms with E-state index in [9.17, 15) is 4.79 Å². The van der Waals surface area contributed by atoms with Gasteiger partial charge in [0.05, 0.1) is 0 Å². The van der Waals surface area contributed by atoms with Crippen LogP contribution in [-0.2, 0) is 13.0 Å². The minimum Gasteiger partial charge on any atom is -0.382 e. The summed E-state index contributed by atoms with van der Waals surface area (Å²) >= 11 is 1.30. The molecule has 1 aromatic heterocycles. The van der Waals surface area contributed by atoms with Crippen LogP contribution in [0.5, 0.6) is 0 Å². The van der Waals surface area contributed by atoms with Gasteiger partial charge in [-0.15, -0.1) is 0 Å². The summed E-state index contributed by atoms with van der Waals surface area (Å²) in [7, 11) is 3.74. The van der Waals surface area contributed by atoms with E-state index in [4.69, 9.17) is 5.73 Å². The van der Waals surface area contributed by atoms with Crippen LogP contribution in [0.1, 0.15) is 27.7 Å². The van der Waals surface area contributed by atoms with Gasteiger partial charge in [0, 0.05) is 20.6 Å². The first kappa shape index (κ1) is 15.3. The maximum absolute atomic E-state index is 12.2. The van der Waals surface area contributed by atoms with E-state index in [1.807, 2.05) is 37.2 Å². The zero-order valence-electron chi connectivity index (χ0n) is 12.5. The Morgan fingerprint density at radius 2 is 2.00 bits per heavy atom. The van der Waals surface area contributed by atoms with Gasteiger partial charge in [-0.1, -0.05) is 42.5 Å². The number of aromatic nitrogens is 1. The number of nitrogens with one attached hydrogen (secondary N) is 1. The van der Waals surface area contributed by atoms with Crippen LogP contribution in [-0.4, -0.2) is 25.0 Å². The molecule has 1 amide bonds. The average Bonchev–Trinajstić information content (AvgIpc) is 2.87. The molecule has 0 radical (unpaired) electrons. The van der Waals surface area contributed by atoms with Gasteiger partial charge < -0.3 is 16.0 Å². The fourth-order valence-electron chi connectivity index (χ4n) is 2.00. The summed E-state index contributed by atoms with van der Waals surface area (Å²) in [5, 5.41) is 3.64. The van der Waals surface area contributed by atoms with Gasteiger partial charge in [-0.3, -0.25) is 4.79 Å². The Morgan fingerprint density at radius 3 is 2.57 bits per heavy atom. The lowest BCUT2D eigenvalue weighted by Gasteiger charge is -2.08. The highest BCUT2D eigenvalue weighted by Crippen LogP contribution is 2.26. The third kappa shape index (κ3) is 3.52. The second-order valence-electron chi connectivity index (χ2n) is 4.91. The number of aryl methyl sites for hydroxylation is 1. The molecule has 0 spiro atoms. The monoisotopic (exact) mass is 304 g/mol. The van der Waals surface area contributed by atoms with Gasteiger partial charge in [0.2, 0.25) is 0 Å². The van der Waals surface area contributed by atoms with Crippen molar-refractivity contribution in [2.75, 3.05) is 24.7 Å². The molecule has 0 saturated carbocycles. The number of rotatable bonds is 5. The molecule has 0 saturated heterocycles. The van der Waals surface area contributed by atoms with Gasteiger partial charge in [-0.2, -0.15) is 0 Å². The van der Waals surface area contributed by atoms with Gasteiger partial charge >= 0.3 is 0 Å². The topological polar surface area (TPSA) is 71.2 Å². The Labute approximate surface area is 128 Å². The van der Waals surface area contributed by atoms with Crippen molar-refractivity contribution < 1.29 is 4.79 Å².